The van der Waals surface area contributed by atoms with Crippen LogP contribution in [0.5, 0.6) is 17.2 Å². The molecule has 10 heteroatoms. The van der Waals surface area contributed by atoms with Crippen molar-refractivity contribution >= 4 is 34.0 Å². The van der Waals surface area contributed by atoms with Crippen LogP contribution in [-0.2, 0) is 6.42 Å². The first kappa shape index (κ1) is 21.8. The van der Waals surface area contributed by atoms with Crippen LogP contribution in [0, 0.1) is 0 Å². The summed E-state index contributed by atoms with van der Waals surface area (Å²) in [7, 11) is 4.56. The lowest BCUT2D eigenvalue weighted by Crippen LogP contribution is -2.33. The summed E-state index contributed by atoms with van der Waals surface area (Å²) in [6.07, 6.45) is 1.87. The summed E-state index contributed by atoms with van der Waals surface area (Å²) < 4.78 is 17.4. The third kappa shape index (κ3) is 4.04. The Balaban J connectivity index is 1.83. The number of hydrogen-bond donors (Lipinski definition) is 0. The average molecular weight is 472 g/mol. The Labute approximate surface area is 191 Å². The highest BCUT2D eigenvalue weighted by Gasteiger charge is 2.15. The van der Waals surface area contributed by atoms with E-state index in [1.807, 2.05) is 0 Å². The Morgan fingerprint density at radius 3 is 2.25 bits per heavy atom. The molecule has 0 radical (unpaired) electrons. The molecule has 0 spiro atoms. The molecule has 0 amide bonds. The van der Waals surface area contributed by atoms with Gasteiger partial charge in [-0.05, 0) is 29.8 Å². The van der Waals surface area contributed by atoms with Gasteiger partial charge in [-0.1, -0.05) is 35.1 Å². The molecule has 2 aromatic carbocycles. The van der Waals surface area contributed by atoms with Gasteiger partial charge in [0.05, 0.1) is 25.9 Å². The maximum atomic E-state index is 13.0. The molecule has 0 N–H and O–H groups in total. The standard InChI is InChI=1S/C22H18ClN3O5S/c1-29-16-11-18(31-3)17(30-2)9-13(16)10-19-21(28)26-20(27)15(24-25-22(26)32-19)8-12-4-6-14(23)7-5-12/h4-7,9-11H,8H2,1-3H3/b19-10-. The van der Waals surface area contributed by atoms with Crippen molar-refractivity contribution in [1.29, 1.82) is 0 Å². The molecule has 4 aromatic rings. The van der Waals surface area contributed by atoms with Gasteiger partial charge in [-0.25, -0.2) is 4.40 Å². The van der Waals surface area contributed by atoms with Crippen molar-refractivity contribution in [3.63, 3.8) is 0 Å². The fourth-order valence-corrected chi connectivity index (χ4v) is 4.23. The molecule has 0 saturated carbocycles. The minimum Gasteiger partial charge on any atom is -0.496 e. The maximum absolute atomic E-state index is 13.0. The van der Waals surface area contributed by atoms with E-state index in [1.54, 1.807) is 42.5 Å². The Kier molecular flexibility index (Phi) is 6.11. The van der Waals surface area contributed by atoms with Crippen LogP contribution in [0.3, 0.4) is 0 Å². The fourth-order valence-electron chi connectivity index (χ4n) is 3.21. The zero-order valence-corrected chi connectivity index (χ0v) is 19.0. The van der Waals surface area contributed by atoms with E-state index in [4.69, 9.17) is 25.8 Å². The van der Waals surface area contributed by atoms with Crippen molar-refractivity contribution in [3.05, 3.63) is 83.5 Å². The molecule has 4 rings (SSSR count). The van der Waals surface area contributed by atoms with Gasteiger partial charge >= 0.3 is 0 Å². The molecule has 32 heavy (non-hydrogen) atoms. The molecule has 164 valence electrons. The Bertz CT molecular complexity index is 1460. The van der Waals surface area contributed by atoms with Gasteiger partial charge in [-0.2, -0.15) is 0 Å². The van der Waals surface area contributed by atoms with Gasteiger partial charge in [0.2, 0.25) is 4.96 Å². The number of hydrogen-bond acceptors (Lipinski definition) is 8. The molecule has 2 heterocycles. The van der Waals surface area contributed by atoms with Crippen LogP contribution in [0.15, 0.2) is 46.0 Å². The maximum Gasteiger partial charge on any atom is 0.283 e. The summed E-state index contributed by atoms with van der Waals surface area (Å²) in [4.78, 5) is 26.2. The van der Waals surface area contributed by atoms with Gasteiger partial charge in [-0.15, -0.1) is 10.2 Å². The van der Waals surface area contributed by atoms with Gasteiger partial charge in [0.15, 0.2) is 11.5 Å². The zero-order valence-electron chi connectivity index (χ0n) is 17.4. The third-order valence-corrected chi connectivity index (χ3v) is 6.03. The molecule has 0 aliphatic heterocycles. The van der Waals surface area contributed by atoms with E-state index < -0.39 is 11.1 Å². The summed E-state index contributed by atoms with van der Waals surface area (Å²) in [5.74, 6) is 1.46. The first-order valence-electron chi connectivity index (χ1n) is 9.42. The first-order valence-corrected chi connectivity index (χ1v) is 10.6. The Hall–Kier alpha value is -3.43. The molecule has 0 unspecified atom stereocenters. The van der Waals surface area contributed by atoms with Crippen LogP contribution < -0.4 is 29.9 Å². The minimum atomic E-state index is -0.495. The number of nitrogens with zero attached hydrogens (tertiary/aromatic N) is 3. The summed E-state index contributed by atoms with van der Waals surface area (Å²) in [5, 5.41) is 8.74. The number of halogens is 1. The average Bonchev–Trinajstić information content (AvgIpc) is 3.12. The van der Waals surface area contributed by atoms with Crippen LogP contribution in [0.1, 0.15) is 16.8 Å². The predicted octanol–water partition coefficient (Wildman–Crippen LogP) is 2.33. The first-order chi connectivity index (χ1) is 15.4. The van der Waals surface area contributed by atoms with Gasteiger partial charge in [0.25, 0.3) is 11.1 Å². The highest BCUT2D eigenvalue weighted by Crippen LogP contribution is 2.34. The van der Waals surface area contributed by atoms with Crippen LogP contribution >= 0.6 is 22.9 Å². The predicted molar refractivity (Wildman–Crippen MR) is 123 cm³/mol. The number of fused-ring (bicyclic) bond motifs is 1. The number of benzene rings is 2. The van der Waals surface area contributed by atoms with E-state index >= 15 is 0 Å². The second-order valence-electron chi connectivity index (χ2n) is 6.74. The van der Waals surface area contributed by atoms with Crippen molar-refractivity contribution in [2.24, 2.45) is 0 Å². The van der Waals surface area contributed by atoms with Crippen LogP contribution in [0.25, 0.3) is 11.0 Å². The van der Waals surface area contributed by atoms with E-state index in [1.165, 1.54) is 21.3 Å². The largest absolute Gasteiger partial charge is 0.496 e. The van der Waals surface area contributed by atoms with Gasteiger partial charge in [0, 0.05) is 23.1 Å². The summed E-state index contributed by atoms with van der Waals surface area (Å²) in [5.41, 5.74) is 0.640. The highest BCUT2D eigenvalue weighted by atomic mass is 35.5. The summed E-state index contributed by atoms with van der Waals surface area (Å²) in [6.45, 7) is 0. The monoisotopic (exact) mass is 471 g/mol. The molecular weight excluding hydrogens is 454 g/mol. The molecule has 0 atom stereocenters. The molecule has 0 aliphatic carbocycles. The van der Waals surface area contributed by atoms with E-state index in [9.17, 15) is 9.59 Å². The Morgan fingerprint density at radius 1 is 0.938 bits per heavy atom. The second-order valence-corrected chi connectivity index (χ2v) is 8.18. The van der Waals surface area contributed by atoms with E-state index in [-0.39, 0.29) is 17.1 Å². The van der Waals surface area contributed by atoms with Crippen molar-refractivity contribution in [2.45, 2.75) is 6.42 Å². The van der Waals surface area contributed by atoms with Crippen molar-refractivity contribution in [3.8, 4) is 17.2 Å². The normalized spacial score (nSPS) is 11.7. The lowest BCUT2D eigenvalue weighted by molar-refractivity contribution is 0.348. The molecule has 0 bridgehead atoms. The number of thiazole rings is 1. The summed E-state index contributed by atoms with van der Waals surface area (Å²) >= 11 is 6.98. The van der Waals surface area contributed by atoms with Crippen LogP contribution in [0.4, 0.5) is 0 Å². The van der Waals surface area contributed by atoms with Gasteiger partial charge in [-0.3, -0.25) is 9.59 Å². The van der Waals surface area contributed by atoms with E-state index in [0.29, 0.717) is 32.4 Å². The SMILES string of the molecule is COc1cc(OC)c(OC)cc1/C=c1\sc2nnc(Cc3ccc(Cl)cc3)c(=O)n2c1=O. The molecular formula is C22H18ClN3O5S. The quantitative estimate of drug-likeness (QED) is 0.426. The smallest absolute Gasteiger partial charge is 0.283 e. The fraction of sp³-hybridized carbons (Fsp3) is 0.182. The highest BCUT2D eigenvalue weighted by molar-refractivity contribution is 7.15. The minimum absolute atomic E-state index is 0.176. The van der Waals surface area contributed by atoms with Gasteiger partial charge in [0.1, 0.15) is 11.4 Å². The van der Waals surface area contributed by atoms with E-state index in [2.05, 4.69) is 10.2 Å². The lowest BCUT2D eigenvalue weighted by atomic mass is 10.1. The molecule has 0 saturated heterocycles. The van der Waals surface area contributed by atoms with Crippen molar-refractivity contribution in [2.75, 3.05) is 21.3 Å². The van der Waals surface area contributed by atoms with E-state index in [0.717, 1.165) is 21.3 Å². The zero-order chi connectivity index (χ0) is 22.8. The van der Waals surface area contributed by atoms with Crippen LogP contribution in [-0.4, -0.2) is 35.9 Å². The summed E-state index contributed by atoms with van der Waals surface area (Å²) in [6, 6.07) is 10.4. The van der Waals surface area contributed by atoms with Crippen molar-refractivity contribution < 1.29 is 14.2 Å². The van der Waals surface area contributed by atoms with Crippen molar-refractivity contribution in [1.82, 2.24) is 14.6 Å². The molecule has 0 fully saturated rings. The second kappa shape index (κ2) is 8.97. The molecule has 0 aliphatic rings. The number of methoxy groups -OCH3 is 3. The number of aromatic nitrogens is 3. The topological polar surface area (TPSA) is 92.0 Å². The number of rotatable bonds is 6. The lowest BCUT2D eigenvalue weighted by Gasteiger charge is -2.11. The molecule has 2 aromatic heterocycles. The third-order valence-electron chi connectivity index (χ3n) is 4.82. The Morgan fingerprint density at radius 2 is 1.59 bits per heavy atom. The number of ether oxygens (including phenoxy) is 3. The van der Waals surface area contributed by atoms with Crippen LogP contribution in [0.2, 0.25) is 5.02 Å². The van der Waals surface area contributed by atoms with Gasteiger partial charge < -0.3 is 14.2 Å². The molecule has 8 nitrogen and oxygen atoms in total.